The molecule has 1 saturated heterocycles. The van der Waals surface area contributed by atoms with Crippen LogP contribution in [0.2, 0.25) is 0 Å². The van der Waals surface area contributed by atoms with Crippen LogP contribution in [0, 0.1) is 0 Å². The van der Waals surface area contributed by atoms with Crippen molar-refractivity contribution >= 4 is 16.8 Å². The van der Waals surface area contributed by atoms with Crippen molar-refractivity contribution in [2.75, 3.05) is 13.7 Å². The van der Waals surface area contributed by atoms with Gasteiger partial charge in [0.15, 0.2) is 0 Å². The van der Waals surface area contributed by atoms with E-state index < -0.39 is 10.8 Å². The summed E-state index contributed by atoms with van der Waals surface area (Å²) in [7, 11) is 0.395. The van der Waals surface area contributed by atoms with E-state index in [-0.39, 0.29) is 23.7 Å². The van der Waals surface area contributed by atoms with E-state index in [2.05, 4.69) is 0 Å². The van der Waals surface area contributed by atoms with Crippen LogP contribution in [0.3, 0.4) is 0 Å². The van der Waals surface area contributed by atoms with E-state index in [9.17, 15) is 9.00 Å². The molecule has 3 unspecified atom stereocenters. The van der Waals surface area contributed by atoms with Gasteiger partial charge in [0.1, 0.15) is 0 Å². The lowest BCUT2D eigenvalue weighted by Gasteiger charge is -2.15. The molecule has 20 heavy (non-hydrogen) atoms. The first kappa shape index (κ1) is 15.2. The predicted octanol–water partition coefficient (Wildman–Crippen LogP) is 1.83. The Kier molecular flexibility index (Phi) is 5.31. The number of carbonyl (C=O) groups is 1. The van der Waals surface area contributed by atoms with Gasteiger partial charge in [-0.15, -0.1) is 0 Å². The molecule has 1 heterocycles. The van der Waals surface area contributed by atoms with Crippen molar-refractivity contribution in [3.05, 3.63) is 35.4 Å². The summed E-state index contributed by atoms with van der Waals surface area (Å²) in [6.07, 6.45) is 1.11. The molecule has 1 aromatic rings. The lowest BCUT2D eigenvalue weighted by Crippen LogP contribution is -2.24. The highest BCUT2D eigenvalue weighted by Crippen LogP contribution is 2.22. The number of methoxy groups -OCH3 is 1. The van der Waals surface area contributed by atoms with Crippen LogP contribution < -0.4 is 0 Å². The molecule has 0 bridgehead atoms. The van der Waals surface area contributed by atoms with Gasteiger partial charge in [-0.25, -0.2) is 0 Å². The molecule has 0 amide bonds. The Balaban J connectivity index is 2.08. The van der Waals surface area contributed by atoms with Crippen molar-refractivity contribution in [1.82, 2.24) is 0 Å². The zero-order valence-corrected chi connectivity index (χ0v) is 12.7. The van der Waals surface area contributed by atoms with Crippen LogP contribution in [-0.2, 0) is 37.2 Å². The first-order valence-electron chi connectivity index (χ1n) is 6.74. The Morgan fingerprint density at radius 1 is 1.40 bits per heavy atom. The zero-order valence-electron chi connectivity index (χ0n) is 11.8. The molecule has 1 aliphatic rings. The second-order valence-electron chi connectivity index (χ2n) is 4.95. The molecule has 0 radical (unpaired) electrons. The van der Waals surface area contributed by atoms with Gasteiger partial charge >= 0.3 is 5.97 Å². The third-order valence-corrected chi connectivity index (χ3v) is 5.51. The Morgan fingerprint density at radius 3 is 2.70 bits per heavy atom. The average Bonchev–Trinajstić information content (AvgIpc) is 2.87. The maximum Gasteiger partial charge on any atom is 0.309 e. The first-order valence-corrected chi connectivity index (χ1v) is 8.12. The smallest absolute Gasteiger partial charge is 0.309 e. The summed E-state index contributed by atoms with van der Waals surface area (Å²) in [5.41, 5.74) is 1.84. The molecule has 1 aromatic carbocycles. The minimum atomic E-state index is -0.981. The molecule has 5 heteroatoms. The van der Waals surface area contributed by atoms with E-state index in [0.29, 0.717) is 12.4 Å². The quantitative estimate of drug-likeness (QED) is 0.778. The second-order valence-corrected chi connectivity index (χ2v) is 6.61. The Hall–Kier alpha value is -1.20. The van der Waals surface area contributed by atoms with Gasteiger partial charge in [0.25, 0.3) is 0 Å². The van der Waals surface area contributed by atoms with Gasteiger partial charge in [0.2, 0.25) is 0 Å². The molecule has 0 aliphatic carbocycles. The fraction of sp³-hybridized carbons (Fsp3) is 0.533. The van der Waals surface area contributed by atoms with Crippen LogP contribution in [0.4, 0.5) is 0 Å². The number of hydrogen-bond donors (Lipinski definition) is 0. The lowest BCUT2D eigenvalue weighted by molar-refractivity contribution is -0.139. The van der Waals surface area contributed by atoms with Gasteiger partial charge < -0.3 is 9.47 Å². The number of ether oxygens (including phenoxy) is 2. The molecule has 0 spiro atoms. The SMILES string of the molecule is COC(=O)Cc1ccccc1CS(=O)C1CCOC1C. The van der Waals surface area contributed by atoms with E-state index >= 15 is 0 Å². The number of carbonyl (C=O) groups excluding carboxylic acids is 1. The normalized spacial score (nSPS) is 23.5. The largest absolute Gasteiger partial charge is 0.469 e. The van der Waals surface area contributed by atoms with Crippen LogP contribution in [0.25, 0.3) is 0 Å². The fourth-order valence-electron chi connectivity index (χ4n) is 2.42. The van der Waals surface area contributed by atoms with E-state index in [4.69, 9.17) is 9.47 Å². The van der Waals surface area contributed by atoms with Crippen molar-refractivity contribution in [3.8, 4) is 0 Å². The maximum absolute atomic E-state index is 12.4. The molecule has 110 valence electrons. The molecular formula is C15H20O4S. The molecule has 3 atom stereocenters. The predicted molar refractivity (Wildman–Crippen MR) is 77.8 cm³/mol. The van der Waals surface area contributed by atoms with Crippen LogP contribution in [-0.4, -0.2) is 35.2 Å². The van der Waals surface area contributed by atoms with Gasteiger partial charge in [0.05, 0.1) is 24.9 Å². The molecule has 2 rings (SSSR count). The second kappa shape index (κ2) is 6.99. The monoisotopic (exact) mass is 296 g/mol. The van der Waals surface area contributed by atoms with Crippen molar-refractivity contribution in [3.63, 3.8) is 0 Å². The number of benzene rings is 1. The third-order valence-electron chi connectivity index (χ3n) is 3.62. The minimum Gasteiger partial charge on any atom is -0.469 e. The van der Waals surface area contributed by atoms with Crippen molar-refractivity contribution < 1.29 is 18.5 Å². The summed E-state index contributed by atoms with van der Waals surface area (Å²) in [4.78, 5) is 11.4. The van der Waals surface area contributed by atoms with E-state index in [1.807, 2.05) is 31.2 Å². The topological polar surface area (TPSA) is 52.6 Å². The van der Waals surface area contributed by atoms with Gasteiger partial charge in [-0.05, 0) is 24.5 Å². The molecular weight excluding hydrogens is 276 g/mol. The highest BCUT2D eigenvalue weighted by Gasteiger charge is 2.29. The van der Waals surface area contributed by atoms with Gasteiger partial charge in [-0.2, -0.15) is 0 Å². The summed E-state index contributed by atoms with van der Waals surface area (Å²) in [5.74, 6) is 0.187. The molecule has 1 aliphatic heterocycles. The van der Waals surface area contributed by atoms with Crippen molar-refractivity contribution in [1.29, 1.82) is 0 Å². The third kappa shape index (κ3) is 3.67. The molecule has 4 nitrogen and oxygen atoms in total. The van der Waals surface area contributed by atoms with E-state index in [1.54, 1.807) is 0 Å². The summed E-state index contributed by atoms with van der Waals surface area (Å²) in [5, 5.41) is 0.0844. The summed E-state index contributed by atoms with van der Waals surface area (Å²) < 4.78 is 22.6. The Morgan fingerprint density at radius 2 is 2.10 bits per heavy atom. The summed E-state index contributed by atoms with van der Waals surface area (Å²) >= 11 is 0. The minimum absolute atomic E-state index is 0.0450. The van der Waals surface area contributed by atoms with Gasteiger partial charge in [0, 0.05) is 23.2 Å². The van der Waals surface area contributed by atoms with Crippen LogP contribution in [0.1, 0.15) is 24.5 Å². The Bertz CT molecular complexity index is 500. The van der Waals surface area contributed by atoms with E-state index in [1.165, 1.54) is 7.11 Å². The van der Waals surface area contributed by atoms with Gasteiger partial charge in [-0.1, -0.05) is 24.3 Å². The average molecular weight is 296 g/mol. The Labute approximate surface area is 121 Å². The summed E-state index contributed by atoms with van der Waals surface area (Å²) in [6.45, 7) is 2.65. The van der Waals surface area contributed by atoms with Crippen molar-refractivity contribution in [2.24, 2.45) is 0 Å². The first-order chi connectivity index (χ1) is 9.61. The van der Waals surface area contributed by atoms with Crippen LogP contribution in [0.15, 0.2) is 24.3 Å². The van der Waals surface area contributed by atoms with Gasteiger partial charge in [-0.3, -0.25) is 9.00 Å². The standard InChI is InChI=1S/C15H20O4S/c1-11-14(7-8-19-11)20(17)10-13-6-4-3-5-12(13)9-15(16)18-2/h3-6,11,14H,7-10H2,1-2H3. The molecule has 0 aromatic heterocycles. The van der Waals surface area contributed by atoms with E-state index in [0.717, 1.165) is 17.5 Å². The highest BCUT2D eigenvalue weighted by molar-refractivity contribution is 7.84. The number of hydrogen-bond acceptors (Lipinski definition) is 4. The molecule has 0 saturated carbocycles. The number of esters is 1. The fourth-order valence-corrected chi connectivity index (χ4v) is 4.08. The molecule has 1 fully saturated rings. The van der Waals surface area contributed by atoms with Crippen molar-refractivity contribution in [2.45, 2.75) is 36.9 Å². The van der Waals surface area contributed by atoms with Crippen LogP contribution >= 0.6 is 0 Å². The lowest BCUT2D eigenvalue weighted by atomic mass is 10.1. The van der Waals surface area contributed by atoms with Crippen LogP contribution in [0.5, 0.6) is 0 Å². The zero-order chi connectivity index (χ0) is 14.5. The maximum atomic E-state index is 12.4. The summed E-state index contributed by atoms with van der Waals surface area (Å²) in [6, 6.07) is 7.60. The number of rotatable bonds is 5. The highest BCUT2D eigenvalue weighted by atomic mass is 32.2. The molecule has 0 N–H and O–H groups in total.